The van der Waals surface area contributed by atoms with Crippen LogP contribution in [0.3, 0.4) is 0 Å². The molecule has 1 aliphatic heterocycles. The van der Waals surface area contributed by atoms with E-state index in [0.717, 1.165) is 5.56 Å². The third-order valence-electron chi connectivity index (χ3n) is 3.64. The Labute approximate surface area is 129 Å². The van der Waals surface area contributed by atoms with Crippen LogP contribution >= 0.6 is 0 Å². The summed E-state index contributed by atoms with van der Waals surface area (Å²) in [5.41, 5.74) is 1.61. The number of benzene rings is 2. The lowest BCUT2D eigenvalue weighted by atomic mass is 10.0. The van der Waals surface area contributed by atoms with Crippen molar-refractivity contribution in [3.8, 4) is 23.0 Å². The molecule has 4 heteroatoms. The molecule has 0 saturated carbocycles. The van der Waals surface area contributed by atoms with Crippen molar-refractivity contribution in [3.05, 3.63) is 53.6 Å². The number of allylic oxidation sites excluding steroid dienone is 1. The Morgan fingerprint density at radius 2 is 1.82 bits per heavy atom. The van der Waals surface area contributed by atoms with Crippen molar-refractivity contribution < 1.29 is 19.7 Å². The molecule has 1 heterocycles. The summed E-state index contributed by atoms with van der Waals surface area (Å²) in [6, 6.07) is 10.2. The highest BCUT2D eigenvalue weighted by atomic mass is 16.6. The monoisotopic (exact) mass is 298 g/mol. The molecule has 0 aliphatic carbocycles. The Morgan fingerprint density at radius 1 is 1.00 bits per heavy atom. The van der Waals surface area contributed by atoms with E-state index in [1.807, 2.05) is 44.2 Å². The lowest BCUT2D eigenvalue weighted by Gasteiger charge is -2.32. The predicted octanol–water partition coefficient (Wildman–Crippen LogP) is 4.03. The third-order valence-corrected chi connectivity index (χ3v) is 3.64. The van der Waals surface area contributed by atoms with Crippen LogP contribution in [0.4, 0.5) is 0 Å². The Hall–Kier alpha value is -2.62. The van der Waals surface area contributed by atoms with Crippen molar-refractivity contribution in [2.24, 2.45) is 0 Å². The zero-order valence-electron chi connectivity index (χ0n) is 12.5. The van der Waals surface area contributed by atoms with Crippen LogP contribution < -0.4 is 9.47 Å². The van der Waals surface area contributed by atoms with Gasteiger partial charge >= 0.3 is 0 Å². The van der Waals surface area contributed by atoms with Gasteiger partial charge in [-0.15, -0.1) is 0 Å². The van der Waals surface area contributed by atoms with E-state index >= 15 is 0 Å². The van der Waals surface area contributed by atoms with Crippen LogP contribution in [0.5, 0.6) is 23.0 Å². The van der Waals surface area contributed by atoms with Gasteiger partial charge < -0.3 is 19.7 Å². The molecular weight excluding hydrogens is 280 g/mol. The van der Waals surface area contributed by atoms with Crippen LogP contribution in [0.15, 0.2) is 42.5 Å². The average molecular weight is 298 g/mol. The largest absolute Gasteiger partial charge is 0.508 e. The molecule has 3 rings (SSSR count). The van der Waals surface area contributed by atoms with E-state index < -0.39 is 6.10 Å². The summed E-state index contributed by atoms with van der Waals surface area (Å²) in [4.78, 5) is 0. The van der Waals surface area contributed by atoms with Crippen molar-refractivity contribution in [1.82, 2.24) is 0 Å². The molecule has 0 unspecified atom stereocenters. The Morgan fingerprint density at radius 3 is 2.55 bits per heavy atom. The van der Waals surface area contributed by atoms with E-state index in [2.05, 4.69) is 0 Å². The van der Waals surface area contributed by atoms with Gasteiger partial charge in [-0.1, -0.05) is 18.2 Å². The quantitative estimate of drug-likeness (QED) is 0.878. The first-order chi connectivity index (χ1) is 10.6. The molecule has 1 aliphatic rings. The molecule has 2 aromatic carbocycles. The number of phenolic OH excluding ortho intramolecular Hbond substituents is 2. The van der Waals surface area contributed by atoms with Crippen LogP contribution in [0, 0.1) is 0 Å². The minimum absolute atomic E-state index is 0.00601. The molecular formula is C18H18O4. The molecule has 114 valence electrons. The molecule has 2 N–H and O–H groups in total. The smallest absolute Gasteiger partial charge is 0.164 e. The molecule has 0 amide bonds. The summed E-state index contributed by atoms with van der Waals surface area (Å²) in [6.45, 7) is 3.84. The van der Waals surface area contributed by atoms with Crippen molar-refractivity contribution in [2.75, 3.05) is 0 Å². The second-order valence-corrected chi connectivity index (χ2v) is 5.31. The van der Waals surface area contributed by atoms with Gasteiger partial charge in [0.15, 0.2) is 17.6 Å². The first-order valence-electron chi connectivity index (χ1n) is 7.20. The van der Waals surface area contributed by atoms with E-state index in [0.29, 0.717) is 17.1 Å². The minimum atomic E-state index is -0.436. The van der Waals surface area contributed by atoms with Gasteiger partial charge in [0, 0.05) is 11.6 Å². The van der Waals surface area contributed by atoms with Crippen molar-refractivity contribution in [3.63, 3.8) is 0 Å². The van der Waals surface area contributed by atoms with Gasteiger partial charge in [-0.3, -0.25) is 0 Å². The van der Waals surface area contributed by atoms with Crippen LogP contribution in [-0.4, -0.2) is 16.3 Å². The zero-order chi connectivity index (χ0) is 15.7. The summed E-state index contributed by atoms with van der Waals surface area (Å²) >= 11 is 0. The Bertz CT molecular complexity index is 721. The first-order valence-corrected chi connectivity index (χ1v) is 7.20. The SMILES string of the molecule is CC=Cc1ccc2c(c1)O[C@@H](c1ccc(O)cc1O)[C@H](C)O2. The van der Waals surface area contributed by atoms with Gasteiger partial charge in [0.1, 0.15) is 17.6 Å². The van der Waals surface area contributed by atoms with Crippen molar-refractivity contribution in [2.45, 2.75) is 26.1 Å². The van der Waals surface area contributed by atoms with Gasteiger partial charge in [0.05, 0.1) is 0 Å². The van der Waals surface area contributed by atoms with Crippen LogP contribution in [0.1, 0.15) is 31.1 Å². The minimum Gasteiger partial charge on any atom is -0.508 e. The maximum Gasteiger partial charge on any atom is 0.164 e. The second kappa shape index (κ2) is 5.64. The first kappa shape index (κ1) is 14.3. The van der Waals surface area contributed by atoms with Crippen molar-refractivity contribution >= 4 is 6.08 Å². The summed E-state index contributed by atoms with van der Waals surface area (Å²) in [7, 11) is 0. The fraction of sp³-hybridized carbons (Fsp3) is 0.222. The highest BCUT2D eigenvalue weighted by Gasteiger charge is 2.31. The van der Waals surface area contributed by atoms with E-state index in [-0.39, 0.29) is 17.6 Å². The highest BCUT2D eigenvalue weighted by molar-refractivity contribution is 5.56. The van der Waals surface area contributed by atoms with Gasteiger partial charge in [-0.05, 0) is 43.7 Å². The number of aromatic hydroxyl groups is 2. The van der Waals surface area contributed by atoms with Crippen LogP contribution in [0.25, 0.3) is 6.08 Å². The molecule has 2 aromatic rings. The highest BCUT2D eigenvalue weighted by Crippen LogP contribution is 2.42. The lowest BCUT2D eigenvalue weighted by molar-refractivity contribution is 0.0293. The van der Waals surface area contributed by atoms with Crippen molar-refractivity contribution in [1.29, 1.82) is 0 Å². The molecule has 0 aromatic heterocycles. The molecule has 22 heavy (non-hydrogen) atoms. The van der Waals surface area contributed by atoms with Crippen LogP contribution in [-0.2, 0) is 0 Å². The number of phenols is 2. The Balaban J connectivity index is 1.97. The summed E-state index contributed by atoms with van der Waals surface area (Å²) < 4.78 is 11.9. The zero-order valence-corrected chi connectivity index (χ0v) is 12.5. The lowest BCUT2D eigenvalue weighted by Crippen LogP contribution is -2.30. The predicted molar refractivity (Wildman–Crippen MR) is 84.4 cm³/mol. The number of hydrogen-bond acceptors (Lipinski definition) is 4. The third kappa shape index (κ3) is 2.60. The molecule has 4 nitrogen and oxygen atoms in total. The summed E-state index contributed by atoms with van der Waals surface area (Å²) in [6.07, 6.45) is 3.25. The molecule has 0 radical (unpaired) electrons. The average Bonchev–Trinajstić information content (AvgIpc) is 2.48. The number of rotatable bonds is 2. The molecule has 0 spiro atoms. The van der Waals surface area contributed by atoms with E-state index in [9.17, 15) is 10.2 Å². The van der Waals surface area contributed by atoms with E-state index in [1.165, 1.54) is 12.1 Å². The Kier molecular flexibility index (Phi) is 3.67. The molecule has 0 bridgehead atoms. The summed E-state index contributed by atoms with van der Waals surface area (Å²) in [5, 5.41) is 19.5. The van der Waals surface area contributed by atoms with E-state index in [1.54, 1.807) is 6.07 Å². The van der Waals surface area contributed by atoms with Crippen LogP contribution in [0.2, 0.25) is 0 Å². The van der Waals surface area contributed by atoms with Gasteiger partial charge in [0.25, 0.3) is 0 Å². The number of ether oxygens (including phenoxy) is 2. The maximum absolute atomic E-state index is 10.0. The van der Waals surface area contributed by atoms with Gasteiger partial charge in [-0.2, -0.15) is 0 Å². The number of fused-ring (bicyclic) bond motifs is 1. The number of hydrogen-bond donors (Lipinski definition) is 2. The summed E-state index contributed by atoms with van der Waals surface area (Å²) in [5.74, 6) is 1.34. The molecule has 0 fully saturated rings. The molecule has 0 saturated heterocycles. The van der Waals surface area contributed by atoms with Gasteiger partial charge in [0.2, 0.25) is 0 Å². The van der Waals surface area contributed by atoms with Gasteiger partial charge in [-0.25, -0.2) is 0 Å². The molecule has 2 atom stereocenters. The fourth-order valence-electron chi connectivity index (χ4n) is 2.59. The normalized spacial score (nSPS) is 20.3. The second-order valence-electron chi connectivity index (χ2n) is 5.31. The standard InChI is InChI=1S/C18H18O4/c1-3-4-12-5-8-16-17(9-12)22-18(11(2)21-16)14-7-6-13(19)10-15(14)20/h3-11,18-20H,1-2H3/t11-,18+/m0/s1. The van der Waals surface area contributed by atoms with E-state index in [4.69, 9.17) is 9.47 Å². The fourth-order valence-corrected chi connectivity index (χ4v) is 2.59. The topological polar surface area (TPSA) is 58.9 Å². The maximum atomic E-state index is 10.0.